The van der Waals surface area contributed by atoms with Gasteiger partial charge in [-0.2, -0.15) is 0 Å². The Hall–Kier alpha value is -0.930. The number of benzene rings is 1. The highest BCUT2D eigenvalue weighted by Crippen LogP contribution is 2.41. The quantitative estimate of drug-likeness (QED) is 0.879. The van der Waals surface area contributed by atoms with Crippen LogP contribution in [0.25, 0.3) is 0 Å². The predicted molar refractivity (Wildman–Crippen MR) is 66.9 cm³/mol. The Labute approximate surface area is 106 Å². The molecule has 2 aliphatic rings. The molecule has 3 nitrogen and oxygen atoms in total. The van der Waals surface area contributed by atoms with Gasteiger partial charge in [0.05, 0.1) is 5.02 Å². The van der Waals surface area contributed by atoms with Crippen molar-refractivity contribution < 1.29 is 9.47 Å². The summed E-state index contributed by atoms with van der Waals surface area (Å²) < 4.78 is 10.7. The highest BCUT2D eigenvalue weighted by Gasteiger charge is 2.22. The van der Waals surface area contributed by atoms with Crippen molar-refractivity contribution in [1.29, 1.82) is 0 Å². The largest absolute Gasteiger partial charge is 0.454 e. The molecule has 1 fully saturated rings. The summed E-state index contributed by atoms with van der Waals surface area (Å²) in [5, 5.41) is 4.11. The van der Waals surface area contributed by atoms with Crippen molar-refractivity contribution in [3.8, 4) is 11.5 Å². The van der Waals surface area contributed by atoms with Gasteiger partial charge in [0.15, 0.2) is 11.5 Å². The maximum atomic E-state index is 6.35. The van der Waals surface area contributed by atoms with E-state index in [9.17, 15) is 0 Å². The number of piperidine rings is 1. The van der Waals surface area contributed by atoms with Crippen molar-refractivity contribution in [3.05, 3.63) is 22.7 Å². The van der Waals surface area contributed by atoms with Crippen LogP contribution in [0.2, 0.25) is 5.02 Å². The molecule has 92 valence electrons. The summed E-state index contributed by atoms with van der Waals surface area (Å²) in [6, 6.07) is 4.03. The van der Waals surface area contributed by atoms with Crippen LogP contribution in [0.1, 0.15) is 18.4 Å². The molecule has 0 unspecified atom stereocenters. The van der Waals surface area contributed by atoms with Crippen LogP contribution in [0.4, 0.5) is 0 Å². The number of rotatable bonds is 2. The van der Waals surface area contributed by atoms with E-state index in [-0.39, 0.29) is 6.79 Å². The summed E-state index contributed by atoms with van der Waals surface area (Å²) in [4.78, 5) is 0. The van der Waals surface area contributed by atoms with Crippen LogP contribution in [0.15, 0.2) is 12.1 Å². The van der Waals surface area contributed by atoms with Gasteiger partial charge in [0, 0.05) is 0 Å². The molecule has 0 atom stereocenters. The first-order valence-corrected chi connectivity index (χ1v) is 6.50. The van der Waals surface area contributed by atoms with E-state index in [0.717, 1.165) is 41.9 Å². The van der Waals surface area contributed by atoms with Crippen LogP contribution in [-0.4, -0.2) is 19.9 Å². The Morgan fingerprint density at radius 3 is 2.88 bits per heavy atom. The molecule has 0 aromatic heterocycles. The fraction of sp³-hybridized carbons (Fsp3) is 0.538. The summed E-state index contributed by atoms with van der Waals surface area (Å²) in [5.41, 5.74) is 1.18. The Bertz CT molecular complexity index is 416. The van der Waals surface area contributed by atoms with Crippen molar-refractivity contribution in [2.75, 3.05) is 19.9 Å². The van der Waals surface area contributed by atoms with Crippen molar-refractivity contribution >= 4 is 11.6 Å². The average molecular weight is 254 g/mol. The van der Waals surface area contributed by atoms with E-state index >= 15 is 0 Å². The minimum atomic E-state index is 0.284. The van der Waals surface area contributed by atoms with E-state index in [4.69, 9.17) is 21.1 Å². The topological polar surface area (TPSA) is 30.5 Å². The zero-order valence-electron chi connectivity index (χ0n) is 9.67. The van der Waals surface area contributed by atoms with Crippen molar-refractivity contribution in [2.24, 2.45) is 5.92 Å². The van der Waals surface area contributed by atoms with Gasteiger partial charge in [0.2, 0.25) is 6.79 Å². The van der Waals surface area contributed by atoms with Crippen LogP contribution < -0.4 is 14.8 Å². The maximum Gasteiger partial charge on any atom is 0.231 e. The van der Waals surface area contributed by atoms with Crippen LogP contribution in [0, 0.1) is 5.92 Å². The smallest absolute Gasteiger partial charge is 0.231 e. The van der Waals surface area contributed by atoms with Crippen molar-refractivity contribution in [1.82, 2.24) is 5.32 Å². The Balaban J connectivity index is 1.78. The molecule has 0 radical (unpaired) electrons. The molecule has 1 aromatic carbocycles. The van der Waals surface area contributed by atoms with Gasteiger partial charge in [-0.3, -0.25) is 0 Å². The van der Waals surface area contributed by atoms with Crippen LogP contribution in [0.3, 0.4) is 0 Å². The second-order valence-corrected chi connectivity index (χ2v) is 5.05. The lowest BCUT2D eigenvalue weighted by Crippen LogP contribution is -2.28. The summed E-state index contributed by atoms with van der Waals surface area (Å²) in [6.45, 7) is 2.52. The normalized spacial score (nSPS) is 19.6. The highest BCUT2D eigenvalue weighted by atomic mass is 35.5. The maximum absolute atomic E-state index is 6.35. The van der Waals surface area contributed by atoms with Gasteiger partial charge in [-0.15, -0.1) is 0 Å². The average Bonchev–Trinajstić information content (AvgIpc) is 2.83. The van der Waals surface area contributed by atoms with Gasteiger partial charge in [-0.1, -0.05) is 17.7 Å². The molecule has 4 heteroatoms. The molecule has 0 saturated carbocycles. The molecule has 2 heterocycles. The van der Waals surface area contributed by atoms with Gasteiger partial charge < -0.3 is 14.8 Å². The minimum absolute atomic E-state index is 0.284. The molecule has 2 aliphatic heterocycles. The fourth-order valence-corrected chi connectivity index (χ4v) is 2.82. The van der Waals surface area contributed by atoms with E-state index in [1.807, 2.05) is 6.07 Å². The number of nitrogens with one attached hydrogen (secondary N) is 1. The zero-order valence-corrected chi connectivity index (χ0v) is 10.4. The third-order valence-corrected chi connectivity index (χ3v) is 3.94. The van der Waals surface area contributed by atoms with Gasteiger partial charge in [-0.25, -0.2) is 0 Å². The number of halogens is 1. The lowest BCUT2D eigenvalue weighted by Gasteiger charge is -2.23. The SMILES string of the molecule is Clc1c(CC2CCNCC2)ccc2c1OCO2. The summed E-state index contributed by atoms with van der Waals surface area (Å²) in [7, 11) is 0. The number of hydrogen-bond acceptors (Lipinski definition) is 3. The first kappa shape index (κ1) is 11.2. The molecule has 0 bridgehead atoms. The number of fused-ring (bicyclic) bond motifs is 1. The van der Waals surface area contributed by atoms with Gasteiger partial charge in [0.25, 0.3) is 0 Å². The Kier molecular flexibility index (Phi) is 3.12. The molecule has 17 heavy (non-hydrogen) atoms. The first-order valence-electron chi connectivity index (χ1n) is 6.12. The molecule has 0 aliphatic carbocycles. The number of hydrogen-bond donors (Lipinski definition) is 1. The van der Waals surface area contributed by atoms with E-state index in [0.29, 0.717) is 0 Å². The predicted octanol–water partition coefficient (Wildman–Crippen LogP) is 2.61. The summed E-state index contributed by atoms with van der Waals surface area (Å²) >= 11 is 6.35. The summed E-state index contributed by atoms with van der Waals surface area (Å²) in [6.07, 6.45) is 3.49. The number of ether oxygens (including phenoxy) is 2. The van der Waals surface area contributed by atoms with Crippen LogP contribution in [-0.2, 0) is 6.42 Å². The fourth-order valence-electron chi connectivity index (χ4n) is 2.53. The van der Waals surface area contributed by atoms with Gasteiger partial charge >= 0.3 is 0 Å². The first-order chi connectivity index (χ1) is 8.34. The lowest BCUT2D eigenvalue weighted by atomic mass is 9.91. The van der Waals surface area contributed by atoms with E-state index in [1.54, 1.807) is 0 Å². The standard InChI is InChI=1S/C13H16ClNO2/c14-12-10(7-9-3-5-15-6-4-9)1-2-11-13(12)17-8-16-11/h1-2,9,15H,3-8H2. The molecule has 3 rings (SSSR count). The molecule has 0 amide bonds. The molecular weight excluding hydrogens is 238 g/mol. The monoisotopic (exact) mass is 253 g/mol. The van der Waals surface area contributed by atoms with E-state index in [2.05, 4.69) is 11.4 Å². The van der Waals surface area contributed by atoms with Crippen LogP contribution in [0.5, 0.6) is 11.5 Å². The van der Waals surface area contributed by atoms with E-state index < -0.39 is 0 Å². The Morgan fingerprint density at radius 1 is 1.24 bits per heavy atom. The molecular formula is C13H16ClNO2. The van der Waals surface area contributed by atoms with Gasteiger partial charge in [-0.05, 0) is 49.9 Å². The zero-order chi connectivity index (χ0) is 11.7. The van der Waals surface area contributed by atoms with Crippen molar-refractivity contribution in [2.45, 2.75) is 19.3 Å². The molecule has 1 saturated heterocycles. The second-order valence-electron chi connectivity index (χ2n) is 4.67. The summed E-state index contributed by atoms with van der Waals surface area (Å²) in [5.74, 6) is 2.22. The molecule has 0 spiro atoms. The third kappa shape index (κ3) is 2.22. The van der Waals surface area contributed by atoms with Gasteiger partial charge in [0.1, 0.15) is 0 Å². The minimum Gasteiger partial charge on any atom is -0.454 e. The molecule has 1 N–H and O–H groups in total. The highest BCUT2D eigenvalue weighted by molar-refractivity contribution is 6.33. The third-order valence-electron chi connectivity index (χ3n) is 3.53. The Morgan fingerprint density at radius 2 is 2.06 bits per heavy atom. The lowest BCUT2D eigenvalue weighted by molar-refractivity contribution is 0.174. The second kappa shape index (κ2) is 4.75. The van der Waals surface area contributed by atoms with E-state index in [1.165, 1.54) is 18.4 Å². The van der Waals surface area contributed by atoms with Crippen molar-refractivity contribution in [3.63, 3.8) is 0 Å². The molecule has 1 aromatic rings. The van der Waals surface area contributed by atoms with Crippen LogP contribution >= 0.6 is 11.6 Å².